The summed E-state index contributed by atoms with van der Waals surface area (Å²) in [7, 11) is 0. The molecule has 1 aliphatic rings. The molecule has 1 aromatic carbocycles. The summed E-state index contributed by atoms with van der Waals surface area (Å²) in [6.45, 7) is 4.49. The molecule has 0 atom stereocenters. The molecule has 3 rings (SSSR count). The zero-order valence-corrected chi connectivity index (χ0v) is 15.1. The van der Waals surface area contributed by atoms with E-state index in [1.54, 1.807) is 41.6 Å². The highest BCUT2D eigenvalue weighted by molar-refractivity contribution is 5.95. The van der Waals surface area contributed by atoms with Crippen LogP contribution in [0.25, 0.3) is 0 Å². The van der Waals surface area contributed by atoms with Crippen LogP contribution in [0.2, 0.25) is 0 Å². The van der Waals surface area contributed by atoms with Gasteiger partial charge in [0.2, 0.25) is 0 Å². The normalized spacial score (nSPS) is 13.3. The molecule has 1 fully saturated rings. The number of nitrogens with zero attached hydrogens (tertiary/aromatic N) is 2. The van der Waals surface area contributed by atoms with Crippen molar-refractivity contribution in [3.63, 3.8) is 0 Å². The Kier molecular flexibility index (Phi) is 5.51. The van der Waals surface area contributed by atoms with Crippen molar-refractivity contribution in [2.45, 2.75) is 45.3 Å². The molecule has 1 aromatic heterocycles. The Hall–Kier alpha value is -2.89. The molecule has 0 saturated heterocycles. The first-order valence-electron chi connectivity index (χ1n) is 8.90. The Bertz CT molecular complexity index is 755. The van der Waals surface area contributed by atoms with Gasteiger partial charge in [-0.3, -0.25) is 9.78 Å². The van der Waals surface area contributed by atoms with Crippen molar-refractivity contribution in [2.24, 2.45) is 0 Å². The summed E-state index contributed by atoms with van der Waals surface area (Å²) < 4.78 is 0. The van der Waals surface area contributed by atoms with Gasteiger partial charge in [0.25, 0.3) is 5.91 Å². The summed E-state index contributed by atoms with van der Waals surface area (Å²) in [6, 6.07) is 11.0. The van der Waals surface area contributed by atoms with E-state index in [4.69, 9.17) is 0 Å². The third-order valence-electron chi connectivity index (χ3n) is 4.26. The molecule has 1 heterocycles. The van der Waals surface area contributed by atoms with Gasteiger partial charge >= 0.3 is 6.03 Å². The summed E-state index contributed by atoms with van der Waals surface area (Å²) in [6.07, 6.45) is 5.58. The van der Waals surface area contributed by atoms with E-state index in [1.165, 1.54) is 0 Å². The molecule has 0 aliphatic heterocycles. The average molecular weight is 352 g/mol. The highest BCUT2D eigenvalue weighted by Gasteiger charge is 2.23. The van der Waals surface area contributed by atoms with Crippen molar-refractivity contribution < 1.29 is 9.59 Å². The molecule has 0 unspecified atom stereocenters. The van der Waals surface area contributed by atoms with Crippen LogP contribution in [0, 0.1) is 0 Å². The second kappa shape index (κ2) is 7.99. The Morgan fingerprint density at radius 1 is 1.19 bits per heavy atom. The summed E-state index contributed by atoms with van der Waals surface area (Å²) in [5, 5.41) is 5.66. The van der Waals surface area contributed by atoms with E-state index in [-0.39, 0.29) is 18.0 Å². The number of nitrogens with one attached hydrogen (secondary N) is 2. The van der Waals surface area contributed by atoms with Gasteiger partial charge in [0.1, 0.15) is 0 Å². The molecule has 1 saturated carbocycles. The fourth-order valence-corrected chi connectivity index (χ4v) is 2.62. The largest absolute Gasteiger partial charge is 0.335 e. The van der Waals surface area contributed by atoms with Gasteiger partial charge in [-0.1, -0.05) is 6.07 Å². The number of carbonyl (C=O) groups is 2. The molecule has 26 heavy (non-hydrogen) atoms. The Morgan fingerprint density at radius 2 is 1.92 bits per heavy atom. The number of carbonyl (C=O) groups excluding carboxylic acids is 2. The van der Waals surface area contributed by atoms with Gasteiger partial charge < -0.3 is 15.5 Å². The molecule has 6 nitrogen and oxygen atoms in total. The predicted octanol–water partition coefficient (Wildman–Crippen LogP) is 3.42. The molecule has 0 radical (unpaired) electrons. The molecule has 0 bridgehead atoms. The average Bonchev–Trinajstić information content (AvgIpc) is 3.44. The number of hydrogen-bond donors (Lipinski definition) is 2. The SMILES string of the molecule is CC(C)N(Cc1cccnc1)C(=O)c1ccc(NC(=O)NC2CC2)cc1. The lowest BCUT2D eigenvalue weighted by Gasteiger charge is -2.27. The van der Waals surface area contributed by atoms with Gasteiger partial charge in [-0.2, -0.15) is 0 Å². The number of rotatable bonds is 6. The van der Waals surface area contributed by atoms with Crippen LogP contribution in [0.5, 0.6) is 0 Å². The maximum absolute atomic E-state index is 12.9. The third kappa shape index (κ3) is 4.81. The van der Waals surface area contributed by atoms with E-state index in [9.17, 15) is 9.59 Å². The predicted molar refractivity (Wildman–Crippen MR) is 101 cm³/mol. The second-order valence-electron chi connectivity index (χ2n) is 6.84. The molecule has 3 amide bonds. The Balaban J connectivity index is 1.65. The van der Waals surface area contributed by atoms with Crippen molar-refractivity contribution in [3.8, 4) is 0 Å². The number of hydrogen-bond acceptors (Lipinski definition) is 3. The van der Waals surface area contributed by atoms with Crippen LogP contribution in [0.1, 0.15) is 42.6 Å². The van der Waals surface area contributed by atoms with Gasteiger partial charge in [0, 0.05) is 42.3 Å². The zero-order chi connectivity index (χ0) is 18.5. The molecule has 6 heteroatoms. The highest BCUT2D eigenvalue weighted by Crippen LogP contribution is 2.19. The van der Waals surface area contributed by atoms with Crippen molar-refractivity contribution in [3.05, 3.63) is 59.9 Å². The standard InChI is InChI=1S/C20H24N4O2/c1-14(2)24(13-15-4-3-11-21-12-15)19(25)16-5-7-17(8-6-16)22-20(26)23-18-9-10-18/h3-8,11-12,14,18H,9-10,13H2,1-2H3,(H2,22,23,26). The molecular formula is C20H24N4O2. The van der Waals surface area contributed by atoms with E-state index >= 15 is 0 Å². The fourth-order valence-electron chi connectivity index (χ4n) is 2.62. The molecular weight excluding hydrogens is 328 g/mol. The lowest BCUT2D eigenvalue weighted by Crippen LogP contribution is -2.36. The maximum Gasteiger partial charge on any atom is 0.319 e. The first-order valence-corrected chi connectivity index (χ1v) is 8.90. The van der Waals surface area contributed by atoms with Crippen molar-refractivity contribution in [1.82, 2.24) is 15.2 Å². The van der Waals surface area contributed by atoms with E-state index in [0.29, 0.717) is 23.8 Å². The van der Waals surface area contributed by atoms with E-state index in [1.807, 2.05) is 26.0 Å². The van der Waals surface area contributed by atoms with Crippen molar-refractivity contribution in [1.29, 1.82) is 0 Å². The summed E-state index contributed by atoms with van der Waals surface area (Å²) in [5.74, 6) is -0.0437. The van der Waals surface area contributed by atoms with Crippen LogP contribution in [0.4, 0.5) is 10.5 Å². The van der Waals surface area contributed by atoms with Gasteiger partial charge in [0.05, 0.1) is 0 Å². The first kappa shape index (κ1) is 17.9. The Labute approximate surface area is 153 Å². The van der Waals surface area contributed by atoms with Crippen LogP contribution in [0.15, 0.2) is 48.8 Å². The molecule has 0 spiro atoms. The lowest BCUT2D eigenvalue weighted by atomic mass is 10.1. The molecule has 2 aromatic rings. The highest BCUT2D eigenvalue weighted by atomic mass is 16.2. The van der Waals surface area contributed by atoms with Crippen molar-refractivity contribution in [2.75, 3.05) is 5.32 Å². The topological polar surface area (TPSA) is 74.3 Å². The smallest absolute Gasteiger partial charge is 0.319 e. The van der Waals surface area contributed by atoms with Gasteiger partial charge in [-0.25, -0.2) is 4.79 Å². The summed E-state index contributed by atoms with van der Waals surface area (Å²) >= 11 is 0. The van der Waals surface area contributed by atoms with Gasteiger partial charge in [-0.05, 0) is 62.6 Å². The number of anilines is 1. The van der Waals surface area contributed by atoms with E-state index in [0.717, 1.165) is 18.4 Å². The monoisotopic (exact) mass is 352 g/mol. The molecule has 136 valence electrons. The Morgan fingerprint density at radius 3 is 2.50 bits per heavy atom. The molecule has 2 N–H and O–H groups in total. The first-order chi connectivity index (χ1) is 12.5. The zero-order valence-electron chi connectivity index (χ0n) is 15.1. The quantitative estimate of drug-likeness (QED) is 0.836. The third-order valence-corrected chi connectivity index (χ3v) is 4.26. The molecule has 1 aliphatic carbocycles. The number of urea groups is 1. The maximum atomic E-state index is 12.9. The number of aromatic nitrogens is 1. The van der Waals surface area contributed by atoms with Crippen LogP contribution >= 0.6 is 0 Å². The lowest BCUT2D eigenvalue weighted by molar-refractivity contribution is 0.0690. The number of benzene rings is 1. The fraction of sp³-hybridized carbons (Fsp3) is 0.350. The van der Waals surface area contributed by atoms with Crippen LogP contribution in [-0.4, -0.2) is 33.9 Å². The summed E-state index contributed by atoms with van der Waals surface area (Å²) in [4.78, 5) is 30.6. The minimum Gasteiger partial charge on any atom is -0.335 e. The van der Waals surface area contributed by atoms with Crippen LogP contribution in [-0.2, 0) is 6.54 Å². The van der Waals surface area contributed by atoms with E-state index in [2.05, 4.69) is 15.6 Å². The van der Waals surface area contributed by atoms with Gasteiger partial charge in [-0.15, -0.1) is 0 Å². The van der Waals surface area contributed by atoms with Crippen LogP contribution in [0.3, 0.4) is 0 Å². The minimum absolute atomic E-state index is 0.0437. The van der Waals surface area contributed by atoms with Gasteiger partial charge in [0.15, 0.2) is 0 Å². The van der Waals surface area contributed by atoms with Crippen molar-refractivity contribution >= 4 is 17.6 Å². The number of amides is 3. The summed E-state index contributed by atoms with van der Waals surface area (Å²) in [5.41, 5.74) is 2.25. The van der Waals surface area contributed by atoms with E-state index < -0.39 is 0 Å². The minimum atomic E-state index is -0.202. The second-order valence-corrected chi connectivity index (χ2v) is 6.84. The van der Waals surface area contributed by atoms with Crippen LogP contribution < -0.4 is 10.6 Å². The number of pyridine rings is 1.